The maximum absolute atomic E-state index is 5.76. The molecule has 0 saturated carbocycles. The number of hydrogen-bond donors (Lipinski definition) is 0. The van der Waals surface area contributed by atoms with Gasteiger partial charge in [-0.05, 0) is 38.4 Å². The van der Waals surface area contributed by atoms with Crippen molar-refractivity contribution in [3.8, 4) is 0 Å². The Labute approximate surface area is 130 Å². The van der Waals surface area contributed by atoms with Crippen LogP contribution in [0.3, 0.4) is 0 Å². The highest BCUT2D eigenvalue weighted by molar-refractivity contribution is 5.30. The second-order valence-corrected chi connectivity index (χ2v) is 6.38. The molecule has 0 spiro atoms. The van der Waals surface area contributed by atoms with Crippen LogP contribution in [0, 0.1) is 6.92 Å². The molecule has 5 heteroatoms. The minimum atomic E-state index is 0.391. The molecule has 5 nitrogen and oxygen atoms in total. The quantitative estimate of drug-likeness (QED) is 0.874. The van der Waals surface area contributed by atoms with E-state index in [0.29, 0.717) is 12.6 Å². The minimum absolute atomic E-state index is 0.391. The molecule has 1 unspecified atom stereocenters. The van der Waals surface area contributed by atoms with Gasteiger partial charge in [0.15, 0.2) is 0 Å². The Bertz CT molecular complexity index is 673. The highest BCUT2D eigenvalue weighted by Crippen LogP contribution is 2.36. The fourth-order valence-corrected chi connectivity index (χ4v) is 3.80. The average Bonchev–Trinajstić information content (AvgIpc) is 3.21. The zero-order valence-corrected chi connectivity index (χ0v) is 13.3. The zero-order valence-electron chi connectivity index (χ0n) is 13.3. The summed E-state index contributed by atoms with van der Waals surface area (Å²) in [5, 5.41) is 4.84. The summed E-state index contributed by atoms with van der Waals surface area (Å²) in [6.07, 6.45) is 3.36. The van der Waals surface area contributed by atoms with Crippen molar-refractivity contribution in [1.29, 1.82) is 0 Å². The van der Waals surface area contributed by atoms with Gasteiger partial charge >= 0.3 is 0 Å². The number of nitrogens with zero attached hydrogens (tertiary/aromatic N) is 3. The summed E-state index contributed by atoms with van der Waals surface area (Å²) >= 11 is 0. The Hall–Kier alpha value is -1.59. The number of rotatable bonds is 3. The molecule has 2 aromatic rings. The Morgan fingerprint density at radius 1 is 1.36 bits per heavy atom. The van der Waals surface area contributed by atoms with E-state index in [4.69, 9.17) is 14.3 Å². The monoisotopic (exact) mass is 301 g/mol. The van der Waals surface area contributed by atoms with Crippen LogP contribution in [-0.2, 0) is 31.4 Å². The summed E-state index contributed by atoms with van der Waals surface area (Å²) in [6, 6.07) is 4.51. The van der Waals surface area contributed by atoms with Crippen LogP contribution in [0.4, 0.5) is 0 Å². The lowest BCUT2D eigenvalue weighted by atomic mass is 10.0. The van der Waals surface area contributed by atoms with Crippen molar-refractivity contribution < 1.29 is 9.15 Å². The molecule has 1 fully saturated rings. The van der Waals surface area contributed by atoms with Crippen LogP contribution in [-0.4, -0.2) is 27.8 Å². The molecule has 0 aliphatic carbocycles. The van der Waals surface area contributed by atoms with Gasteiger partial charge in [0.1, 0.15) is 11.5 Å². The molecular formula is C17H23N3O2. The third-order valence-electron chi connectivity index (χ3n) is 4.87. The second-order valence-electron chi connectivity index (χ2n) is 6.38. The predicted molar refractivity (Wildman–Crippen MR) is 82.4 cm³/mol. The molecule has 1 atom stereocenters. The van der Waals surface area contributed by atoms with E-state index in [-0.39, 0.29) is 0 Å². The standard InChI is InChI=1S/C17H23N3O2/c1-12-5-6-13(22-12)10-20-8-3-4-16(20)17-14-11-21-9-7-15(14)19(2)18-17/h5-6,16H,3-4,7-11H2,1-2H3. The van der Waals surface area contributed by atoms with Crippen molar-refractivity contribution in [3.05, 3.63) is 40.6 Å². The highest BCUT2D eigenvalue weighted by atomic mass is 16.5. The minimum Gasteiger partial charge on any atom is -0.465 e. The van der Waals surface area contributed by atoms with E-state index < -0.39 is 0 Å². The van der Waals surface area contributed by atoms with Crippen LogP contribution in [0.5, 0.6) is 0 Å². The molecule has 0 N–H and O–H groups in total. The number of aryl methyl sites for hydroxylation is 2. The van der Waals surface area contributed by atoms with Gasteiger partial charge in [0.25, 0.3) is 0 Å². The first kappa shape index (κ1) is 14.0. The van der Waals surface area contributed by atoms with Crippen LogP contribution in [0.15, 0.2) is 16.5 Å². The molecular weight excluding hydrogens is 278 g/mol. The fraction of sp³-hybridized carbons (Fsp3) is 0.588. The molecule has 0 aromatic carbocycles. The maximum Gasteiger partial charge on any atom is 0.118 e. The lowest BCUT2D eigenvalue weighted by Gasteiger charge is -2.23. The summed E-state index contributed by atoms with van der Waals surface area (Å²) in [5.74, 6) is 2.03. The molecule has 118 valence electrons. The van der Waals surface area contributed by atoms with Gasteiger partial charge in [-0.15, -0.1) is 0 Å². The van der Waals surface area contributed by atoms with E-state index in [0.717, 1.165) is 37.6 Å². The Balaban J connectivity index is 1.61. The van der Waals surface area contributed by atoms with E-state index in [9.17, 15) is 0 Å². The van der Waals surface area contributed by atoms with Crippen LogP contribution < -0.4 is 0 Å². The lowest BCUT2D eigenvalue weighted by Crippen LogP contribution is -2.24. The molecule has 0 bridgehead atoms. The van der Waals surface area contributed by atoms with Gasteiger partial charge in [0.2, 0.25) is 0 Å². The van der Waals surface area contributed by atoms with Crippen LogP contribution in [0.2, 0.25) is 0 Å². The largest absolute Gasteiger partial charge is 0.465 e. The third-order valence-corrected chi connectivity index (χ3v) is 4.87. The first-order chi connectivity index (χ1) is 10.7. The van der Waals surface area contributed by atoms with Crippen LogP contribution in [0.25, 0.3) is 0 Å². The van der Waals surface area contributed by atoms with E-state index in [1.165, 1.54) is 29.8 Å². The number of aromatic nitrogens is 2. The van der Waals surface area contributed by atoms with Gasteiger partial charge in [-0.2, -0.15) is 5.10 Å². The summed E-state index contributed by atoms with van der Waals surface area (Å²) in [6.45, 7) is 5.49. The van der Waals surface area contributed by atoms with Gasteiger partial charge in [0.05, 0.1) is 31.5 Å². The third kappa shape index (κ3) is 2.38. The predicted octanol–water partition coefficient (Wildman–Crippen LogP) is 2.73. The van der Waals surface area contributed by atoms with E-state index in [1.807, 2.05) is 13.0 Å². The van der Waals surface area contributed by atoms with Crippen molar-refractivity contribution in [2.45, 2.75) is 45.4 Å². The van der Waals surface area contributed by atoms with Gasteiger partial charge in [0, 0.05) is 24.7 Å². The van der Waals surface area contributed by atoms with E-state index in [1.54, 1.807) is 0 Å². The molecule has 0 radical (unpaired) electrons. The number of furan rings is 1. The van der Waals surface area contributed by atoms with Crippen molar-refractivity contribution in [2.75, 3.05) is 13.2 Å². The normalized spacial score (nSPS) is 22.2. The lowest BCUT2D eigenvalue weighted by molar-refractivity contribution is 0.107. The molecule has 4 rings (SSSR count). The maximum atomic E-state index is 5.76. The van der Waals surface area contributed by atoms with Gasteiger partial charge in [-0.1, -0.05) is 0 Å². The van der Waals surface area contributed by atoms with E-state index in [2.05, 4.69) is 22.7 Å². The molecule has 22 heavy (non-hydrogen) atoms. The first-order valence-electron chi connectivity index (χ1n) is 8.14. The topological polar surface area (TPSA) is 43.4 Å². The Kier molecular flexibility index (Phi) is 3.54. The number of hydrogen-bond acceptors (Lipinski definition) is 4. The smallest absolute Gasteiger partial charge is 0.118 e. The van der Waals surface area contributed by atoms with Crippen molar-refractivity contribution in [1.82, 2.24) is 14.7 Å². The number of likely N-dealkylation sites (tertiary alicyclic amines) is 1. The Morgan fingerprint density at radius 2 is 2.27 bits per heavy atom. The Morgan fingerprint density at radius 3 is 3.09 bits per heavy atom. The van der Waals surface area contributed by atoms with Crippen LogP contribution >= 0.6 is 0 Å². The SMILES string of the molecule is Cc1ccc(CN2CCCC2c2nn(C)c3c2COCC3)o1. The summed E-state index contributed by atoms with van der Waals surface area (Å²) < 4.78 is 13.5. The molecule has 4 heterocycles. The number of fused-ring (bicyclic) bond motifs is 1. The second kappa shape index (κ2) is 5.56. The van der Waals surface area contributed by atoms with Crippen molar-refractivity contribution in [2.24, 2.45) is 7.05 Å². The van der Waals surface area contributed by atoms with Gasteiger partial charge in [-0.3, -0.25) is 9.58 Å². The van der Waals surface area contributed by atoms with Crippen molar-refractivity contribution >= 4 is 0 Å². The summed E-state index contributed by atoms with van der Waals surface area (Å²) in [7, 11) is 2.06. The van der Waals surface area contributed by atoms with E-state index >= 15 is 0 Å². The molecule has 1 saturated heterocycles. The molecule has 2 aromatic heterocycles. The highest BCUT2D eigenvalue weighted by Gasteiger charge is 2.33. The van der Waals surface area contributed by atoms with Crippen LogP contribution in [0.1, 0.15) is 47.4 Å². The molecule has 2 aliphatic rings. The average molecular weight is 301 g/mol. The van der Waals surface area contributed by atoms with Gasteiger partial charge in [-0.25, -0.2) is 0 Å². The zero-order chi connectivity index (χ0) is 15.1. The molecule has 2 aliphatic heterocycles. The van der Waals surface area contributed by atoms with Gasteiger partial charge < -0.3 is 9.15 Å². The summed E-state index contributed by atoms with van der Waals surface area (Å²) in [5.41, 5.74) is 3.89. The van der Waals surface area contributed by atoms with Crippen molar-refractivity contribution in [3.63, 3.8) is 0 Å². The molecule has 0 amide bonds. The first-order valence-corrected chi connectivity index (χ1v) is 8.14. The number of ether oxygens (including phenoxy) is 1. The fourth-order valence-electron chi connectivity index (χ4n) is 3.80. The summed E-state index contributed by atoms with van der Waals surface area (Å²) in [4.78, 5) is 2.50.